The highest BCUT2D eigenvalue weighted by molar-refractivity contribution is 7.10. The molecule has 1 atom stereocenters. The van der Waals surface area contributed by atoms with E-state index in [1.54, 1.807) is 17.4 Å². The maximum atomic E-state index is 11.4. The number of hydrogen-bond acceptors (Lipinski definition) is 3. The van der Waals surface area contributed by atoms with Crippen molar-refractivity contribution in [2.24, 2.45) is 5.92 Å². The lowest BCUT2D eigenvalue weighted by molar-refractivity contribution is -0.117. The minimum Gasteiger partial charge on any atom is -0.391 e. The minimum absolute atomic E-state index is 0.154. The molecule has 0 aliphatic carbocycles. The molecule has 0 aliphatic rings. The van der Waals surface area contributed by atoms with Gasteiger partial charge in [-0.25, -0.2) is 0 Å². The summed E-state index contributed by atoms with van der Waals surface area (Å²) in [6.07, 6.45) is 2.76. The average Bonchev–Trinajstić information content (AvgIpc) is 2.75. The van der Waals surface area contributed by atoms with E-state index in [-0.39, 0.29) is 11.8 Å². The number of thiophene rings is 1. The maximum absolute atomic E-state index is 11.4. The fourth-order valence-corrected chi connectivity index (χ4v) is 1.66. The topological polar surface area (TPSA) is 49.3 Å². The molecule has 2 N–H and O–H groups in total. The number of nitrogens with one attached hydrogen (secondary N) is 1. The molecule has 16 heavy (non-hydrogen) atoms. The third-order valence-electron chi connectivity index (χ3n) is 2.20. The molecule has 1 rings (SSSR count). The van der Waals surface area contributed by atoms with Gasteiger partial charge >= 0.3 is 0 Å². The molecule has 88 valence electrons. The summed E-state index contributed by atoms with van der Waals surface area (Å²) in [7, 11) is 0. The molecule has 0 saturated carbocycles. The fraction of sp³-hybridized carbons (Fsp3) is 0.417. The van der Waals surface area contributed by atoms with Crippen LogP contribution in [0.5, 0.6) is 0 Å². The van der Waals surface area contributed by atoms with Crippen molar-refractivity contribution in [1.29, 1.82) is 0 Å². The van der Waals surface area contributed by atoms with Gasteiger partial charge < -0.3 is 10.4 Å². The van der Waals surface area contributed by atoms with E-state index in [1.807, 2.05) is 31.4 Å². The van der Waals surface area contributed by atoms with E-state index in [2.05, 4.69) is 5.32 Å². The summed E-state index contributed by atoms with van der Waals surface area (Å²) >= 11 is 1.58. The minimum atomic E-state index is -0.487. The van der Waals surface area contributed by atoms with E-state index < -0.39 is 6.10 Å². The van der Waals surface area contributed by atoms with Gasteiger partial charge in [-0.1, -0.05) is 19.9 Å². The van der Waals surface area contributed by atoms with Crippen LogP contribution in [-0.2, 0) is 4.79 Å². The average molecular weight is 239 g/mol. The molecule has 0 bridgehead atoms. The summed E-state index contributed by atoms with van der Waals surface area (Å²) in [4.78, 5) is 12.4. The number of rotatable bonds is 5. The van der Waals surface area contributed by atoms with Crippen LogP contribution in [0.4, 0.5) is 0 Å². The largest absolute Gasteiger partial charge is 0.391 e. The first-order valence-electron chi connectivity index (χ1n) is 5.27. The van der Waals surface area contributed by atoms with Gasteiger partial charge in [0.1, 0.15) is 0 Å². The van der Waals surface area contributed by atoms with Gasteiger partial charge in [0.15, 0.2) is 0 Å². The van der Waals surface area contributed by atoms with Crippen molar-refractivity contribution in [3.05, 3.63) is 28.5 Å². The Morgan fingerprint density at radius 1 is 1.62 bits per heavy atom. The molecule has 1 amide bonds. The van der Waals surface area contributed by atoms with Gasteiger partial charge in [-0.2, -0.15) is 0 Å². The van der Waals surface area contributed by atoms with Crippen LogP contribution in [0.2, 0.25) is 0 Å². The molecule has 1 unspecified atom stereocenters. The summed E-state index contributed by atoms with van der Waals surface area (Å²) in [5, 5.41) is 14.1. The smallest absolute Gasteiger partial charge is 0.244 e. The van der Waals surface area contributed by atoms with Gasteiger partial charge in [0.25, 0.3) is 0 Å². The van der Waals surface area contributed by atoms with E-state index in [0.29, 0.717) is 6.54 Å². The zero-order valence-electron chi connectivity index (χ0n) is 9.51. The Bertz CT molecular complexity index is 344. The third kappa shape index (κ3) is 4.59. The van der Waals surface area contributed by atoms with Crippen molar-refractivity contribution in [3.63, 3.8) is 0 Å². The highest BCUT2D eigenvalue weighted by Crippen LogP contribution is 2.09. The van der Waals surface area contributed by atoms with Gasteiger partial charge in [0, 0.05) is 17.5 Å². The molecule has 0 spiro atoms. The maximum Gasteiger partial charge on any atom is 0.244 e. The molecule has 4 heteroatoms. The summed E-state index contributed by atoms with van der Waals surface area (Å²) in [6.45, 7) is 4.13. The van der Waals surface area contributed by atoms with Crippen LogP contribution >= 0.6 is 11.3 Å². The molecule has 0 fully saturated rings. The molecular weight excluding hydrogens is 222 g/mol. The molecule has 1 aromatic rings. The van der Waals surface area contributed by atoms with Crippen LogP contribution in [0.3, 0.4) is 0 Å². The summed E-state index contributed by atoms with van der Waals surface area (Å²) in [5.41, 5.74) is 0. The Morgan fingerprint density at radius 3 is 2.94 bits per heavy atom. The van der Waals surface area contributed by atoms with Crippen molar-refractivity contribution in [2.75, 3.05) is 6.54 Å². The lowest BCUT2D eigenvalue weighted by Gasteiger charge is -2.13. The monoisotopic (exact) mass is 239 g/mol. The lowest BCUT2D eigenvalue weighted by Crippen LogP contribution is -2.33. The lowest BCUT2D eigenvalue weighted by atomic mass is 10.1. The Balaban J connectivity index is 2.31. The van der Waals surface area contributed by atoms with Crippen LogP contribution in [-0.4, -0.2) is 23.7 Å². The molecule has 3 nitrogen and oxygen atoms in total. The quantitative estimate of drug-likeness (QED) is 0.771. The fourth-order valence-electron chi connectivity index (χ4n) is 1.04. The van der Waals surface area contributed by atoms with Crippen LogP contribution in [0, 0.1) is 5.92 Å². The second-order valence-corrected chi connectivity index (χ2v) is 4.88. The molecule has 1 aromatic heterocycles. The van der Waals surface area contributed by atoms with Crippen LogP contribution in [0.25, 0.3) is 6.08 Å². The number of hydrogen-bond donors (Lipinski definition) is 2. The number of aliphatic hydroxyl groups excluding tert-OH is 1. The standard InChI is InChI=1S/C12H17NO2S/c1-9(2)11(14)8-13-12(15)6-5-10-4-3-7-16-10/h3-7,9,11,14H,8H2,1-2H3,(H,13,15)/b6-5+. The summed E-state index contributed by atoms with van der Waals surface area (Å²) in [6, 6.07) is 3.88. The van der Waals surface area contributed by atoms with Crippen molar-refractivity contribution in [3.8, 4) is 0 Å². The van der Waals surface area contributed by atoms with Crippen molar-refractivity contribution in [1.82, 2.24) is 5.32 Å². The Morgan fingerprint density at radius 2 is 2.38 bits per heavy atom. The second kappa shape index (κ2) is 6.45. The number of carbonyl (C=O) groups excluding carboxylic acids is 1. The number of carbonyl (C=O) groups is 1. The van der Waals surface area contributed by atoms with E-state index >= 15 is 0 Å². The second-order valence-electron chi connectivity index (χ2n) is 3.91. The summed E-state index contributed by atoms with van der Waals surface area (Å²) in [5.74, 6) is -0.0188. The molecule has 1 heterocycles. The zero-order valence-corrected chi connectivity index (χ0v) is 10.3. The van der Waals surface area contributed by atoms with Crippen molar-refractivity contribution >= 4 is 23.3 Å². The van der Waals surface area contributed by atoms with Crippen LogP contribution < -0.4 is 5.32 Å². The first-order valence-corrected chi connectivity index (χ1v) is 6.15. The molecule has 0 aromatic carbocycles. The number of aliphatic hydroxyl groups is 1. The van der Waals surface area contributed by atoms with Gasteiger partial charge in [0.2, 0.25) is 5.91 Å². The third-order valence-corrected chi connectivity index (χ3v) is 3.03. The first kappa shape index (κ1) is 12.9. The number of amides is 1. The predicted octanol–water partition coefficient (Wildman–Crippen LogP) is 1.89. The highest BCUT2D eigenvalue weighted by Gasteiger charge is 2.09. The molecule has 0 aliphatic heterocycles. The van der Waals surface area contributed by atoms with Gasteiger partial charge in [-0.3, -0.25) is 4.79 Å². The molecular formula is C12H17NO2S. The zero-order chi connectivity index (χ0) is 12.0. The Kier molecular flexibility index (Phi) is 5.22. The normalized spacial score (nSPS) is 13.2. The Hall–Kier alpha value is -1.13. The van der Waals surface area contributed by atoms with Gasteiger partial charge in [-0.15, -0.1) is 11.3 Å². The van der Waals surface area contributed by atoms with E-state index in [0.717, 1.165) is 4.88 Å². The highest BCUT2D eigenvalue weighted by atomic mass is 32.1. The van der Waals surface area contributed by atoms with Gasteiger partial charge in [0.05, 0.1) is 6.10 Å². The van der Waals surface area contributed by atoms with E-state index in [9.17, 15) is 9.90 Å². The molecule has 0 radical (unpaired) electrons. The SMILES string of the molecule is CC(C)C(O)CNC(=O)/C=C/c1cccs1. The predicted molar refractivity (Wildman–Crippen MR) is 67.2 cm³/mol. The van der Waals surface area contributed by atoms with Crippen LogP contribution in [0.1, 0.15) is 18.7 Å². The molecule has 0 saturated heterocycles. The summed E-state index contributed by atoms with van der Waals surface area (Å²) < 4.78 is 0. The van der Waals surface area contributed by atoms with Crippen molar-refractivity contribution in [2.45, 2.75) is 20.0 Å². The first-order chi connectivity index (χ1) is 7.59. The van der Waals surface area contributed by atoms with Crippen molar-refractivity contribution < 1.29 is 9.90 Å². The van der Waals surface area contributed by atoms with E-state index in [1.165, 1.54) is 6.08 Å². The Labute approximate surface area is 99.8 Å². The van der Waals surface area contributed by atoms with E-state index in [4.69, 9.17) is 0 Å². The van der Waals surface area contributed by atoms with Crippen LogP contribution in [0.15, 0.2) is 23.6 Å². The van der Waals surface area contributed by atoms with Gasteiger partial charge in [-0.05, 0) is 23.4 Å².